The van der Waals surface area contributed by atoms with E-state index >= 15 is 0 Å². The highest BCUT2D eigenvalue weighted by molar-refractivity contribution is 7.89. The number of benzene rings is 1. The first kappa shape index (κ1) is 26.3. The van der Waals surface area contributed by atoms with E-state index in [1.165, 1.54) is 18.5 Å². The van der Waals surface area contributed by atoms with Crippen LogP contribution in [0.3, 0.4) is 0 Å². The summed E-state index contributed by atoms with van der Waals surface area (Å²) in [6, 6.07) is 9.84. The summed E-state index contributed by atoms with van der Waals surface area (Å²) in [7, 11) is -3.94. The lowest BCUT2D eigenvalue weighted by Crippen LogP contribution is -2.54. The number of nitrogens with zero attached hydrogens (tertiary/aromatic N) is 4. The topological polar surface area (TPSA) is 151 Å². The molecule has 2 amide bonds. The molecule has 1 aromatic carbocycles. The molecule has 11 nitrogen and oxygen atoms in total. The molecule has 2 unspecified atom stereocenters. The predicted octanol–water partition coefficient (Wildman–Crippen LogP) is 1.32. The van der Waals surface area contributed by atoms with Crippen LogP contribution < -0.4 is 10.6 Å². The highest BCUT2D eigenvalue weighted by Gasteiger charge is 2.35. The molecule has 0 radical (unpaired) electrons. The van der Waals surface area contributed by atoms with Crippen molar-refractivity contribution in [2.75, 3.05) is 13.1 Å². The van der Waals surface area contributed by atoms with Crippen molar-refractivity contribution < 1.29 is 22.8 Å². The highest BCUT2D eigenvalue weighted by atomic mass is 32.2. The van der Waals surface area contributed by atoms with Crippen LogP contribution in [0.15, 0.2) is 59.9 Å². The molecule has 1 aliphatic rings. The molecule has 1 aliphatic heterocycles. The number of sulfonamides is 1. The van der Waals surface area contributed by atoms with Gasteiger partial charge in [-0.2, -0.15) is 4.31 Å². The van der Waals surface area contributed by atoms with Crippen LogP contribution in [0.5, 0.6) is 0 Å². The number of amides is 2. The standard InChI is InChI=1S/C25H28N6O5S/c1-16(2)23(30-24(33)20-14-27-17-8-3-4-9-18(17)28-20)25(34)29-19-10-7-13-31(15-21(19)32)37(35,36)22-11-5-6-12-26-22/h3-6,8-9,11-12,14,16,19,23H,7,10,13,15H2,1-2H3,(H,29,34)(H,30,33). The third-order valence-electron chi connectivity index (χ3n) is 6.10. The number of rotatable bonds is 7. The van der Waals surface area contributed by atoms with E-state index in [9.17, 15) is 22.8 Å². The van der Waals surface area contributed by atoms with Crippen molar-refractivity contribution >= 4 is 38.7 Å². The molecule has 4 rings (SSSR count). The Bertz CT molecular complexity index is 1410. The van der Waals surface area contributed by atoms with Crippen molar-refractivity contribution in [3.8, 4) is 0 Å². The summed E-state index contributed by atoms with van der Waals surface area (Å²) in [6.45, 7) is 3.29. The van der Waals surface area contributed by atoms with Gasteiger partial charge in [-0.15, -0.1) is 0 Å². The van der Waals surface area contributed by atoms with E-state index in [0.29, 0.717) is 17.5 Å². The molecule has 194 valence electrons. The monoisotopic (exact) mass is 524 g/mol. The van der Waals surface area contributed by atoms with Crippen molar-refractivity contribution in [3.05, 3.63) is 60.6 Å². The van der Waals surface area contributed by atoms with Crippen LogP contribution in [0.4, 0.5) is 0 Å². The normalized spacial score (nSPS) is 17.8. The summed E-state index contributed by atoms with van der Waals surface area (Å²) in [5, 5.41) is 5.27. The summed E-state index contributed by atoms with van der Waals surface area (Å²) in [5.41, 5.74) is 1.26. The van der Waals surface area contributed by atoms with E-state index in [1.54, 1.807) is 44.2 Å². The summed E-state index contributed by atoms with van der Waals surface area (Å²) in [5.74, 6) is -1.82. The van der Waals surface area contributed by atoms with E-state index in [-0.39, 0.29) is 36.1 Å². The van der Waals surface area contributed by atoms with Gasteiger partial charge in [0.2, 0.25) is 5.91 Å². The number of carbonyl (C=O) groups is 3. The molecule has 0 bridgehead atoms. The first-order valence-electron chi connectivity index (χ1n) is 11.9. The fourth-order valence-corrected chi connectivity index (χ4v) is 5.44. The van der Waals surface area contributed by atoms with E-state index in [2.05, 4.69) is 25.6 Å². The van der Waals surface area contributed by atoms with Crippen molar-refractivity contribution in [3.63, 3.8) is 0 Å². The lowest BCUT2D eigenvalue weighted by atomic mass is 10.0. The number of nitrogens with one attached hydrogen (secondary N) is 2. The first-order chi connectivity index (χ1) is 17.7. The van der Waals surface area contributed by atoms with Crippen molar-refractivity contribution in [1.82, 2.24) is 29.9 Å². The fraction of sp³-hybridized carbons (Fsp3) is 0.360. The second-order valence-electron chi connectivity index (χ2n) is 9.12. The second kappa shape index (κ2) is 11.1. The van der Waals surface area contributed by atoms with Gasteiger partial charge in [0.05, 0.1) is 29.8 Å². The molecule has 2 N–H and O–H groups in total. The zero-order chi connectivity index (χ0) is 26.6. The molecule has 3 aromatic rings. The number of hydrogen-bond acceptors (Lipinski definition) is 8. The Morgan fingerprint density at radius 1 is 1.05 bits per heavy atom. The van der Waals surface area contributed by atoms with Gasteiger partial charge in [0.1, 0.15) is 11.7 Å². The molecular weight excluding hydrogens is 496 g/mol. The molecule has 37 heavy (non-hydrogen) atoms. The van der Waals surface area contributed by atoms with Gasteiger partial charge in [0.25, 0.3) is 15.9 Å². The van der Waals surface area contributed by atoms with Crippen molar-refractivity contribution in [2.24, 2.45) is 5.92 Å². The molecule has 12 heteroatoms. The van der Waals surface area contributed by atoms with Crippen LogP contribution >= 0.6 is 0 Å². The predicted molar refractivity (Wildman–Crippen MR) is 135 cm³/mol. The smallest absolute Gasteiger partial charge is 0.272 e. The Balaban J connectivity index is 1.43. The van der Waals surface area contributed by atoms with Gasteiger partial charge in [-0.25, -0.2) is 18.4 Å². The lowest BCUT2D eigenvalue weighted by Gasteiger charge is -2.24. The van der Waals surface area contributed by atoms with Crippen LogP contribution in [-0.2, 0) is 19.6 Å². The Hall–Kier alpha value is -3.77. The largest absolute Gasteiger partial charge is 0.344 e. The zero-order valence-corrected chi connectivity index (χ0v) is 21.3. The zero-order valence-electron chi connectivity index (χ0n) is 20.5. The highest BCUT2D eigenvalue weighted by Crippen LogP contribution is 2.18. The number of carbonyl (C=O) groups excluding carboxylic acids is 3. The number of fused-ring (bicyclic) bond motifs is 1. The molecule has 1 saturated heterocycles. The number of ketones is 1. The Morgan fingerprint density at radius 3 is 2.49 bits per heavy atom. The van der Waals surface area contributed by atoms with E-state index < -0.39 is 39.7 Å². The summed E-state index contributed by atoms with van der Waals surface area (Å²) >= 11 is 0. The van der Waals surface area contributed by atoms with E-state index in [1.807, 2.05) is 6.07 Å². The molecule has 0 aliphatic carbocycles. The van der Waals surface area contributed by atoms with E-state index in [4.69, 9.17) is 0 Å². The molecule has 0 saturated carbocycles. The quantitative estimate of drug-likeness (QED) is 0.470. The first-order valence-corrected chi connectivity index (χ1v) is 13.4. The molecule has 2 aromatic heterocycles. The average molecular weight is 525 g/mol. The van der Waals surface area contributed by atoms with Gasteiger partial charge in [0.15, 0.2) is 10.8 Å². The maximum atomic E-state index is 13.1. The summed E-state index contributed by atoms with van der Waals surface area (Å²) in [6.07, 6.45) is 3.36. The van der Waals surface area contributed by atoms with Crippen LogP contribution in [0.2, 0.25) is 0 Å². The van der Waals surface area contributed by atoms with Crippen LogP contribution in [0.25, 0.3) is 11.0 Å². The van der Waals surface area contributed by atoms with Gasteiger partial charge in [-0.1, -0.05) is 32.0 Å². The molecular formula is C25H28N6O5S. The maximum absolute atomic E-state index is 13.1. The number of aromatic nitrogens is 3. The summed E-state index contributed by atoms with van der Waals surface area (Å²) < 4.78 is 26.9. The number of hydrogen-bond donors (Lipinski definition) is 2. The van der Waals surface area contributed by atoms with Crippen molar-refractivity contribution in [1.29, 1.82) is 0 Å². The van der Waals surface area contributed by atoms with Gasteiger partial charge in [0, 0.05) is 12.7 Å². The minimum absolute atomic E-state index is 0.0677. The Kier molecular flexibility index (Phi) is 7.89. The van der Waals surface area contributed by atoms with Crippen LogP contribution in [0, 0.1) is 5.92 Å². The minimum Gasteiger partial charge on any atom is -0.344 e. The molecule has 0 spiro atoms. The Labute approximate surface area is 214 Å². The molecule has 2 atom stereocenters. The number of pyridine rings is 1. The van der Waals surface area contributed by atoms with Crippen molar-refractivity contribution in [2.45, 2.75) is 43.8 Å². The molecule has 3 heterocycles. The number of para-hydroxylation sites is 2. The average Bonchev–Trinajstić information content (AvgIpc) is 3.08. The maximum Gasteiger partial charge on any atom is 0.272 e. The molecule has 1 fully saturated rings. The second-order valence-corrected chi connectivity index (χ2v) is 11.0. The van der Waals surface area contributed by atoms with Gasteiger partial charge in [-0.3, -0.25) is 19.4 Å². The van der Waals surface area contributed by atoms with Crippen LogP contribution in [-0.4, -0.2) is 70.4 Å². The minimum atomic E-state index is -3.94. The SMILES string of the molecule is CC(C)C(NC(=O)c1cnc2ccccc2n1)C(=O)NC1CCCN(S(=O)(=O)c2ccccn2)CC1=O. The Morgan fingerprint density at radius 2 is 1.78 bits per heavy atom. The number of Topliss-reactive ketones (excluding diaryl/α,β-unsaturated/α-hetero) is 1. The summed E-state index contributed by atoms with van der Waals surface area (Å²) in [4.78, 5) is 51.4. The third kappa shape index (κ3) is 5.97. The lowest BCUT2D eigenvalue weighted by molar-refractivity contribution is -0.129. The van der Waals surface area contributed by atoms with Gasteiger partial charge < -0.3 is 10.6 Å². The van der Waals surface area contributed by atoms with Crippen LogP contribution in [0.1, 0.15) is 37.2 Å². The van der Waals surface area contributed by atoms with Gasteiger partial charge in [-0.05, 0) is 43.0 Å². The fourth-order valence-electron chi connectivity index (χ4n) is 4.06. The van der Waals surface area contributed by atoms with E-state index in [0.717, 1.165) is 4.31 Å². The van der Waals surface area contributed by atoms with Gasteiger partial charge >= 0.3 is 0 Å². The third-order valence-corrected chi connectivity index (χ3v) is 7.86.